The van der Waals surface area contributed by atoms with Crippen LogP contribution in [0.2, 0.25) is 0 Å². The molecule has 2 fully saturated rings. The number of anilines is 1. The van der Waals surface area contributed by atoms with Gasteiger partial charge < -0.3 is 23.8 Å². The summed E-state index contributed by atoms with van der Waals surface area (Å²) in [5.74, 6) is -1.11. The second kappa shape index (κ2) is 11.9. The van der Waals surface area contributed by atoms with Crippen LogP contribution in [0.25, 0.3) is 0 Å². The van der Waals surface area contributed by atoms with Gasteiger partial charge in [-0.3, -0.25) is 10.3 Å². The lowest BCUT2D eigenvalue weighted by Gasteiger charge is -2.48. The number of fused-ring (bicyclic) bond motifs is 2. The number of rotatable bonds is 6. The predicted molar refractivity (Wildman–Crippen MR) is 147 cm³/mol. The molecule has 10 nitrogen and oxygen atoms in total. The van der Waals surface area contributed by atoms with E-state index in [1.54, 1.807) is 7.05 Å². The highest BCUT2D eigenvalue weighted by atomic mass is 19.4. The van der Waals surface area contributed by atoms with E-state index in [1.807, 2.05) is 29.2 Å². The number of hydrogen-bond donors (Lipinski definition) is 2. The van der Waals surface area contributed by atoms with Crippen LogP contribution in [0.15, 0.2) is 53.5 Å². The second-order valence-corrected chi connectivity index (χ2v) is 10.4. The summed E-state index contributed by atoms with van der Waals surface area (Å²) in [5.41, 5.74) is 1.86. The minimum absolute atomic E-state index is 0.0627. The quantitative estimate of drug-likeness (QED) is 0.301. The fourth-order valence-corrected chi connectivity index (χ4v) is 5.99. The van der Waals surface area contributed by atoms with Gasteiger partial charge in [0.2, 0.25) is 0 Å². The first-order valence-electron chi connectivity index (χ1n) is 13.7. The van der Waals surface area contributed by atoms with Crippen LogP contribution in [0.1, 0.15) is 49.3 Å². The van der Waals surface area contributed by atoms with Gasteiger partial charge in [-0.1, -0.05) is 30.7 Å². The van der Waals surface area contributed by atoms with Crippen molar-refractivity contribution in [2.45, 2.75) is 56.6 Å². The number of alkyl halides is 3. The SMILES string of the molecule is CN=C(OCC(=O)OC)N(C1CC1)C1c2ccccc2N(C(=N)OC(=[NH2+])c2cccc(OC(F)(F)F)c2)C2CCCC21. The summed E-state index contributed by atoms with van der Waals surface area (Å²) in [7, 11) is 2.93. The Kier molecular flexibility index (Phi) is 8.28. The summed E-state index contributed by atoms with van der Waals surface area (Å²) in [5, 5.41) is 15.1. The van der Waals surface area contributed by atoms with Crippen molar-refractivity contribution in [3.8, 4) is 5.75 Å². The lowest BCUT2D eigenvalue weighted by molar-refractivity contribution is -0.274. The molecule has 42 heavy (non-hydrogen) atoms. The van der Waals surface area contributed by atoms with E-state index < -0.39 is 18.1 Å². The summed E-state index contributed by atoms with van der Waals surface area (Å²) < 4.78 is 58.6. The van der Waals surface area contributed by atoms with Gasteiger partial charge in [0.1, 0.15) is 5.75 Å². The number of ether oxygens (including phenoxy) is 4. The summed E-state index contributed by atoms with van der Waals surface area (Å²) in [6.07, 6.45) is -0.353. The van der Waals surface area contributed by atoms with E-state index in [1.165, 1.54) is 19.2 Å². The van der Waals surface area contributed by atoms with Crippen molar-refractivity contribution < 1.29 is 42.3 Å². The maximum absolute atomic E-state index is 12.7. The van der Waals surface area contributed by atoms with Gasteiger partial charge in [0.15, 0.2) is 6.61 Å². The zero-order chi connectivity index (χ0) is 30.0. The van der Waals surface area contributed by atoms with Gasteiger partial charge >= 0.3 is 18.2 Å². The average molecular weight is 589 g/mol. The van der Waals surface area contributed by atoms with Crippen molar-refractivity contribution in [3.63, 3.8) is 0 Å². The topological polar surface area (TPSA) is 122 Å². The van der Waals surface area contributed by atoms with E-state index in [2.05, 4.69) is 14.6 Å². The minimum Gasteiger partial charge on any atom is -0.466 e. The van der Waals surface area contributed by atoms with Crippen molar-refractivity contribution in [2.24, 2.45) is 10.9 Å². The number of hydrogen-bond acceptors (Lipinski definition) is 7. The van der Waals surface area contributed by atoms with E-state index in [9.17, 15) is 18.0 Å². The zero-order valence-corrected chi connectivity index (χ0v) is 23.3. The van der Waals surface area contributed by atoms with E-state index in [4.69, 9.17) is 25.0 Å². The Bertz CT molecular complexity index is 1380. The van der Waals surface area contributed by atoms with Crippen LogP contribution in [0.4, 0.5) is 18.9 Å². The molecule has 2 aliphatic carbocycles. The first-order chi connectivity index (χ1) is 20.1. The standard InChI is InChI=1S/C29H32F3N5O5/c1-35-28(40-16-24(38)39-2)36(18-13-14-18)25-20-9-3-4-11-22(20)37(23-12-6-10-21(23)25)27(34)41-26(33)17-7-5-8-19(15-17)42-29(30,31)32/h3-5,7-9,11,15,18,21,23,25,33-34H,6,10,12-14,16H2,1-2H3/p+1. The number of carbonyl (C=O) groups excluding carboxylic acids is 1. The molecule has 0 saturated heterocycles. The molecule has 1 heterocycles. The van der Waals surface area contributed by atoms with Crippen molar-refractivity contribution in [1.29, 1.82) is 5.41 Å². The highest BCUT2D eigenvalue weighted by Gasteiger charge is 2.51. The normalized spacial score (nSPS) is 21.6. The third kappa shape index (κ3) is 6.14. The summed E-state index contributed by atoms with van der Waals surface area (Å²) in [4.78, 5) is 20.2. The van der Waals surface area contributed by atoms with E-state index in [0.29, 0.717) is 6.02 Å². The molecule has 2 aromatic rings. The molecule has 2 saturated carbocycles. The molecular weight excluding hydrogens is 555 g/mol. The van der Waals surface area contributed by atoms with Gasteiger partial charge in [-0.25, -0.2) is 15.2 Å². The van der Waals surface area contributed by atoms with Crippen LogP contribution in [0.5, 0.6) is 5.75 Å². The van der Waals surface area contributed by atoms with Gasteiger partial charge in [-0.2, -0.15) is 0 Å². The lowest BCUT2D eigenvalue weighted by atomic mass is 9.82. The first-order valence-corrected chi connectivity index (χ1v) is 13.7. The summed E-state index contributed by atoms with van der Waals surface area (Å²) in [6.45, 7) is -0.260. The Balaban J connectivity index is 1.44. The molecule has 2 aromatic carbocycles. The molecule has 5 rings (SSSR count). The number of para-hydroxylation sites is 1. The number of benzene rings is 2. The number of amidine groups is 2. The fourth-order valence-electron chi connectivity index (χ4n) is 5.99. The Labute approximate surface area is 241 Å². The van der Waals surface area contributed by atoms with Gasteiger partial charge in [0.05, 0.1) is 24.4 Å². The molecule has 13 heteroatoms. The summed E-state index contributed by atoms with van der Waals surface area (Å²) >= 11 is 0. The molecule has 1 aliphatic heterocycles. The molecule has 3 N–H and O–H groups in total. The Morgan fingerprint density at radius 3 is 2.60 bits per heavy atom. The van der Waals surface area contributed by atoms with Crippen LogP contribution in [0.3, 0.4) is 0 Å². The van der Waals surface area contributed by atoms with Crippen LogP contribution in [0, 0.1) is 11.3 Å². The van der Waals surface area contributed by atoms with Crippen LogP contribution in [-0.2, 0) is 19.0 Å². The Hall–Kier alpha value is -4.29. The molecule has 0 amide bonds. The van der Waals surface area contributed by atoms with Crippen molar-refractivity contribution in [2.75, 3.05) is 25.7 Å². The Morgan fingerprint density at radius 1 is 1.14 bits per heavy atom. The zero-order valence-electron chi connectivity index (χ0n) is 23.3. The third-order valence-corrected chi connectivity index (χ3v) is 7.76. The summed E-state index contributed by atoms with van der Waals surface area (Å²) in [6, 6.07) is 12.9. The highest BCUT2D eigenvalue weighted by molar-refractivity contribution is 6.03. The molecule has 0 bridgehead atoms. The highest BCUT2D eigenvalue weighted by Crippen LogP contribution is 2.52. The number of carbonyl (C=O) groups is 1. The maximum Gasteiger partial charge on any atom is 0.573 e. The Morgan fingerprint density at radius 2 is 1.90 bits per heavy atom. The largest absolute Gasteiger partial charge is 0.573 e. The molecular formula is C29H33F3N5O5+. The van der Waals surface area contributed by atoms with Crippen LogP contribution < -0.4 is 15.0 Å². The van der Waals surface area contributed by atoms with Crippen LogP contribution >= 0.6 is 0 Å². The second-order valence-electron chi connectivity index (χ2n) is 10.4. The van der Waals surface area contributed by atoms with Crippen molar-refractivity contribution in [1.82, 2.24) is 4.90 Å². The number of aliphatic imine (C=N–C) groups is 1. The van der Waals surface area contributed by atoms with E-state index in [0.717, 1.165) is 55.5 Å². The molecule has 0 radical (unpaired) electrons. The first kappa shape index (κ1) is 29.2. The number of methoxy groups -OCH3 is 1. The fraction of sp³-hybridized carbons (Fsp3) is 0.448. The van der Waals surface area contributed by atoms with E-state index >= 15 is 0 Å². The number of halogens is 3. The van der Waals surface area contributed by atoms with Crippen molar-refractivity contribution in [3.05, 3.63) is 59.7 Å². The lowest BCUT2D eigenvalue weighted by Crippen LogP contribution is -2.55. The number of nitrogens with zero attached hydrogens (tertiary/aromatic N) is 3. The molecule has 224 valence electrons. The van der Waals surface area contributed by atoms with E-state index in [-0.39, 0.29) is 48.1 Å². The predicted octanol–water partition coefficient (Wildman–Crippen LogP) is 3.41. The monoisotopic (exact) mass is 588 g/mol. The van der Waals surface area contributed by atoms with Crippen molar-refractivity contribution >= 4 is 29.6 Å². The maximum atomic E-state index is 12.7. The minimum atomic E-state index is -4.85. The smallest absolute Gasteiger partial charge is 0.466 e. The third-order valence-electron chi connectivity index (χ3n) is 7.76. The van der Waals surface area contributed by atoms with Crippen LogP contribution in [-0.4, -0.2) is 68.0 Å². The van der Waals surface area contributed by atoms with Gasteiger partial charge in [-0.05, 0) is 55.5 Å². The molecule has 0 spiro atoms. The molecule has 3 aliphatic rings. The molecule has 3 atom stereocenters. The average Bonchev–Trinajstić information content (AvgIpc) is 3.68. The molecule has 0 aromatic heterocycles. The van der Waals surface area contributed by atoms with Gasteiger partial charge in [-0.15, -0.1) is 13.2 Å². The number of nitrogens with two attached hydrogens (primary N) is 1. The van der Waals surface area contributed by atoms with Gasteiger partial charge in [0, 0.05) is 25.0 Å². The molecule has 3 unspecified atom stereocenters. The number of esters is 1. The van der Waals surface area contributed by atoms with Gasteiger partial charge in [0.25, 0.3) is 12.0 Å². The number of nitrogens with one attached hydrogen (secondary N) is 1.